The average Bonchev–Trinajstić information content (AvgIpc) is 2.70. The molecule has 1 aliphatic carbocycles. The number of rotatable bonds is 3. The number of aliphatic hydroxyl groups is 1. The molecule has 1 heterocycles. The highest BCUT2D eigenvalue weighted by Gasteiger charge is 2.38. The van der Waals surface area contributed by atoms with Gasteiger partial charge in [0.05, 0.1) is 0 Å². The summed E-state index contributed by atoms with van der Waals surface area (Å²) >= 11 is 0. The van der Waals surface area contributed by atoms with Crippen molar-refractivity contribution in [2.75, 3.05) is 6.54 Å². The number of nitrogens with zero attached hydrogens (tertiary/aromatic N) is 2. The molecule has 1 aromatic heterocycles. The predicted octanol–water partition coefficient (Wildman–Crippen LogP) is 0.185. The van der Waals surface area contributed by atoms with Crippen molar-refractivity contribution in [2.24, 2.45) is 11.7 Å². The third-order valence-corrected chi connectivity index (χ3v) is 2.41. The lowest BCUT2D eigenvalue weighted by Gasteiger charge is -1.97. The Balaban J connectivity index is 2.09. The molecule has 2 rings (SSSR count). The fraction of sp³-hybridized carbons (Fsp3) is 0.750. The van der Waals surface area contributed by atoms with Gasteiger partial charge in [-0.05, 0) is 12.3 Å². The van der Waals surface area contributed by atoms with Crippen molar-refractivity contribution >= 4 is 0 Å². The van der Waals surface area contributed by atoms with Gasteiger partial charge in [-0.15, -0.1) is 0 Å². The van der Waals surface area contributed by atoms with E-state index < -0.39 is 6.10 Å². The van der Waals surface area contributed by atoms with Crippen LogP contribution in [0, 0.1) is 5.92 Å². The van der Waals surface area contributed by atoms with E-state index in [9.17, 15) is 5.11 Å². The van der Waals surface area contributed by atoms with E-state index in [1.54, 1.807) is 0 Å². The number of nitrogens with two attached hydrogens (primary N) is 1. The quantitative estimate of drug-likeness (QED) is 0.698. The van der Waals surface area contributed by atoms with Gasteiger partial charge >= 0.3 is 0 Å². The molecule has 1 fully saturated rings. The SMILES string of the molecule is CC1CC1c1noc([C@@H](O)CN)n1. The highest BCUT2D eigenvalue weighted by Crippen LogP contribution is 2.45. The molecule has 0 aromatic carbocycles. The van der Waals surface area contributed by atoms with Gasteiger partial charge in [-0.1, -0.05) is 12.1 Å². The first-order valence-corrected chi connectivity index (χ1v) is 4.44. The highest BCUT2D eigenvalue weighted by atomic mass is 16.5. The van der Waals surface area contributed by atoms with Crippen molar-refractivity contribution < 1.29 is 9.63 Å². The third-order valence-electron chi connectivity index (χ3n) is 2.41. The zero-order valence-corrected chi connectivity index (χ0v) is 7.47. The molecule has 0 spiro atoms. The predicted molar refractivity (Wildman–Crippen MR) is 44.8 cm³/mol. The van der Waals surface area contributed by atoms with Crippen LogP contribution in [-0.2, 0) is 0 Å². The molecule has 3 N–H and O–H groups in total. The summed E-state index contributed by atoms with van der Waals surface area (Å²) in [6, 6.07) is 0. The Morgan fingerprint density at radius 3 is 3.00 bits per heavy atom. The summed E-state index contributed by atoms with van der Waals surface area (Å²) in [5.41, 5.74) is 5.25. The summed E-state index contributed by atoms with van der Waals surface area (Å²) < 4.78 is 4.88. The Hall–Kier alpha value is -0.940. The molecule has 0 bridgehead atoms. The molecule has 0 amide bonds. The number of hydrogen-bond donors (Lipinski definition) is 2. The van der Waals surface area contributed by atoms with Gasteiger partial charge in [-0.2, -0.15) is 4.98 Å². The summed E-state index contributed by atoms with van der Waals surface area (Å²) in [4.78, 5) is 4.09. The van der Waals surface area contributed by atoms with E-state index in [0.717, 1.165) is 6.42 Å². The van der Waals surface area contributed by atoms with Crippen LogP contribution >= 0.6 is 0 Å². The molecule has 5 nitrogen and oxygen atoms in total. The maximum Gasteiger partial charge on any atom is 0.256 e. The number of hydrogen-bond acceptors (Lipinski definition) is 5. The van der Waals surface area contributed by atoms with E-state index in [0.29, 0.717) is 17.7 Å². The Labute approximate surface area is 75.9 Å². The van der Waals surface area contributed by atoms with Gasteiger partial charge in [0.1, 0.15) is 6.10 Å². The molecular weight excluding hydrogens is 170 g/mol. The van der Waals surface area contributed by atoms with Crippen LogP contribution in [0.4, 0.5) is 0 Å². The molecule has 1 aliphatic rings. The van der Waals surface area contributed by atoms with Gasteiger partial charge in [0.25, 0.3) is 5.89 Å². The standard InChI is InChI=1S/C8H13N3O2/c1-4-2-5(4)7-10-8(13-11-7)6(12)3-9/h4-6,12H,2-3,9H2,1H3/t4?,5?,6-/m0/s1. The fourth-order valence-electron chi connectivity index (χ4n) is 1.32. The second-order valence-electron chi connectivity index (χ2n) is 3.56. The Bertz CT molecular complexity index is 281. The van der Waals surface area contributed by atoms with Gasteiger partial charge in [-0.25, -0.2) is 0 Å². The lowest BCUT2D eigenvalue weighted by atomic mass is 10.3. The molecule has 0 radical (unpaired) electrons. The van der Waals surface area contributed by atoms with Gasteiger partial charge in [0.15, 0.2) is 5.82 Å². The summed E-state index contributed by atoms with van der Waals surface area (Å²) in [7, 11) is 0. The zero-order valence-electron chi connectivity index (χ0n) is 7.47. The lowest BCUT2D eigenvalue weighted by molar-refractivity contribution is 0.141. The van der Waals surface area contributed by atoms with Gasteiger partial charge < -0.3 is 15.4 Å². The van der Waals surface area contributed by atoms with E-state index in [4.69, 9.17) is 10.3 Å². The van der Waals surface area contributed by atoms with Crippen LogP contribution in [0.3, 0.4) is 0 Å². The molecule has 13 heavy (non-hydrogen) atoms. The Morgan fingerprint density at radius 1 is 1.77 bits per heavy atom. The van der Waals surface area contributed by atoms with Crippen molar-refractivity contribution in [2.45, 2.75) is 25.4 Å². The summed E-state index contributed by atoms with van der Waals surface area (Å²) in [6.07, 6.45) is 0.285. The zero-order chi connectivity index (χ0) is 9.42. The van der Waals surface area contributed by atoms with Crippen molar-refractivity contribution in [3.8, 4) is 0 Å². The van der Waals surface area contributed by atoms with Gasteiger partial charge in [0.2, 0.25) is 0 Å². The monoisotopic (exact) mass is 183 g/mol. The van der Waals surface area contributed by atoms with Crippen LogP contribution in [0.5, 0.6) is 0 Å². The minimum Gasteiger partial charge on any atom is -0.382 e. The maximum atomic E-state index is 9.29. The maximum absolute atomic E-state index is 9.29. The summed E-state index contributed by atoms with van der Waals surface area (Å²) in [5.74, 6) is 1.99. The number of aliphatic hydroxyl groups excluding tert-OH is 1. The highest BCUT2D eigenvalue weighted by molar-refractivity contribution is 5.08. The van der Waals surface area contributed by atoms with Crippen molar-refractivity contribution in [1.82, 2.24) is 10.1 Å². The van der Waals surface area contributed by atoms with Crippen molar-refractivity contribution in [3.05, 3.63) is 11.7 Å². The molecule has 72 valence electrons. The van der Waals surface area contributed by atoms with Crippen LogP contribution in [0.2, 0.25) is 0 Å². The van der Waals surface area contributed by atoms with E-state index in [1.165, 1.54) is 0 Å². The third kappa shape index (κ3) is 1.57. The van der Waals surface area contributed by atoms with Crippen molar-refractivity contribution in [1.29, 1.82) is 0 Å². The smallest absolute Gasteiger partial charge is 0.256 e. The minimum atomic E-state index is -0.824. The van der Waals surface area contributed by atoms with E-state index in [1.807, 2.05) is 0 Å². The Kier molecular flexibility index (Phi) is 2.05. The average molecular weight is 183 g/mol. The number of aromatic nitrogens is 2. The fourth-order valence-corrected chi connectivity index (χ4v) is 1.32. The first-order chi connectivity index (χ1) is 6.22. The van der Waals surface area contributed by atoms with Crippen LogP contribution in [0.25, 0.3) is 0 Å². The first-order valence-electron chi connectivity index (χ1n) is 4.44. The van der Waals surface area contributed by atoms with Crippen LogP contribution in [0.1, 0.15) is 37.1 Å². The van der Waals surface area contributed by atoms with Gasteiger partial charge in [-0.3, -0.25) is 0 Å². The van der Waals surface area contributed by atoms with Crippen molar-refractivity contribution in [3.63, 3.8) is 0 Å². The molecular formula is C8H13N3O2. The Morgan fingerprint density at radius 2 is 2.46 bits per heavy atom. The normalized spacial score (nSPS) is 28.8. The van der Waals surface area contributed by atoms with E-state index >= 15 is 0 Å². The second kappa shape index (κ2) is 3.08. The molecule has 1 aromatic rings. The van der Waals surface area contributed by atoms with Gasteiger partial charge in [0, 0.05) is 12.5 Å². The molecule has 2 unspecified atom stereocenters. The summed E-state index contributed by atoms with van der Waals surface area (Å²) in [6.45, 7) is 2.25. The molecule has 3 atom stereocenters. The lowest BCUT2D eigenvalue weighted by Crippen LogP contribution is -2.11. The van der Waals surface area contributed by atoms with Crippen LogP contribution in [-0.4, -0.2) is 21.8 Å². The molecule has 0 saturated heterocycles. The first kappa shape index (κ1) is 8.65. The van der Waals surface area contributed by atoms with E-state index in [-0.39, 0.29) is 12.4 Å². The largest absolute Gasteiger partial charge is 0.382 e. The minimum absolute atomic E-state index is 0.113. The molecule has 1 saturated carbocycles. The molecule has 5 heteroatoms. The topological polar surface area (TPSA) is 85.2 Å². The van der Waals surface area contributed by atoms with Crippen LogP contribution in [0.15, 0.2) is 4.52 Å². The summed E-state index contributed by atoms with van der Waals surface area (Å²) in [5, 5.41) is 13.1. The molecule has 0 aliphatic heterocycles. The second-order valence-corrected chi connectivity index (χ2v) is 3.56. The van der Waals surface area contributed by atoms with Crippen LogP contribution < -0.4 is 5.73 Å². The van der Waals surface area contributed by atoms with E-state index in [2.05, 4.69) is 17.1 Å².